The minimum atomic E-state index is -1.02. The van der Waals surface area contributed by atoms with Crippen molar-refractivity contribution in [3.05, 3.63) is 0 Å². The smallest absolute Gasteiger partial charge is 0.421 e. The van der Waals surface area contributed by atoms with Crippen LogP contribution in [0.3, 0.4) is 0 Å². The quantitative estimate of drug-likeness (QED) is 0.338. The lowest BCUT2D eigenvalue weighted by Gasteiger charge is -2.36. The predicted octanol–water partition coefficient (Wildman–Crippen LogP) is 0.228. The van der Waals surface area contributed by atoms with E-state index in [1.54, 1.807) is 0 Å². The van der Waals surface area contributed by atoms with Gasteiger partial charge in [-0.2, -0.15) is 0 Å². The van der Waals surface area contributed by atoms with E-state index in [0.29, 0.717) is 18.4 Å². The van der Waals surface area contributed by atoms with Crippen molar-refractivity contribution in [2.24, 2.45) is 17.7 Å². The maximum absolute atomic E-state index is 10.8. The molecule has 2 unspecified atom stereocenters. The fourth-order valence-corrected chi connectivity index (χ4v) is 2.38. The fourth-order valence-electron chi connectivity index (χ4n) is 2.38. The molecule has 80 valence electrons. The zero-order chi connectivity index (χ0) is 10.1. The Balaban J connectivity index is 2.01. The monoisotopic (exact) mass is 199 g/mol. The highest BCUT2D eigenvalue weighted by Crippen LogP contribution is 2.41. The Labute approximate surface area is 83.2 Å². The Morgan fingerprint density at radius 1 is 1.43 bits per heavy atom. The van der Waals surface area contributed by atoms with Crippen molar-refractivity contribution in [1.82, 2.24) is 10.3 Å². The van der Waals surface area contributed by atoms with Crippen LogP contribution in [0, 0.1) is 11.8 Å². The van der Waals surface area contributed by atoms with E-state index in [-0.39, 0.29) is 6.04 Å². The summed E-state index contributed by atoms with van der Waals surface area (Å²) in [6, 6.07) is -0.0336. The SMILES string of the molecule is NN(C(=O)O)C1CNCCC1C1CC1. The topological polar surface area (TPSA) is 78.6 Å². The van der Waals surface area contributed by atoms with Gasteiger partial charge in [0.15, 0.2) is 0 Å². The summed E-state index contributed by atoms with van der Waals surface area (Å²) in [4.78, 5) is 10.8. The third-order valence-corrected chi connectivity index (χ3v) is 3.31. The first-order valence-corrected chi connectivity index (χ1v) is 5.17. The van der Waals surface area contributed by atoms with Crippen LogP contribution < -0.4 is 11.2 Å². The molecule has 14 heavy (non-hydrogen) atoms. The van der Waals surface area contributed by atoms with Gasteiger partial charge in [-0.05, 0) is 37.6 Å². The molecule has 2 rings (SSSR count). The Morgan fingerprint density at radius 2 is 2.14 bits per heavy atom. The molecule has 1 aliphatic heterocycles. The van der Waals surface area contributed by atoms with Gasteiger partial charge in [0.25, 0.3) is 0 Å². The second-order valence-electron chi connectivity index (χ2n) is 4.25. The molecule has 4 N–H and O–H groups in total. The number of hydrazine groups is 1. The van der Waals surface area contributed by atoms with Crippen molar-refractivity contribution in [2.75, 3.05) is 13.1 Å². The van der Waals surface area contributed by atoms with Crippen LogP contribution in [0.1, 0.15) is 19.3 Å². The number of carboxylic acid groups (broad SMARTS) is 1. The number of hydrogen-bond acceptors (Lipinski definition) is 3. The lowest BCUT2D eigenvalue weighted by molar-refractivity contribution is 0.0852. The molecule has 2 atom stereocenters. The van der Waals surface area contributed by atoms with E-state index in [2.05, 4.69) is 5.32 Å². The molecular formula is C9H17N3O2. The van der Waals surface area contributed by atoms with E-state index in [9.17, 15) is 4.79 Å². The Morgan fingerprint density at radius 3 is 2.71 bits per heavy atom. The molecule has 1 saturated heterocycles. The largest absolute Gasteiger partial charge is 0.464 e. The van der Waals surface area contributed by atoms with Gasteiger partial charge in [0.1, 0.15) is 0 Å². The summed E-state index contributed by atoms with van der Waals surface area (Å²) in [7, 11) is 0. The van der Waals surface area contributed by atoms with Gasteiger partial charge >= 0.3 is 6.09 Å². The van der Waals surface area contributed by atoms with Gasteiger partial charge in [-0.25, -0.2) is 15.6 Å². The van der Waals surface area contributed by atoms with Crippen molar-refractivity contribution in [2.45, 2.75) is 25.3 Å². The number of rotatable bonds is 2. The standard InChI is InChI=1S/C9H17N3O2/c10-12(9(13)14)8-5-11-4-3-7(8)6-1-2-6/h6-8,11H,1-5,10H2,(H,13,14). The third-order valence-electron chi connectivity index (χ3n) is 3.31. The van der Waals surface area contributed by atoms with E-state index in [1.807, 2.05) is 0 Å². The summed E-state index contributed by atoms with van der Waals surface area (Å²) in [6.07, 6.45) is 2.52. The number of nitrogens with one attached hydrogen (secondary N) is 1. The number of piperidine rings is 1. The third kappa shape index (κ3) is 1.83. The Kier molecular flexibility index (Phi) is 2.60. The van der Waals surface area contributed by atoms with Crippen molar-refractivity contribution < 1.29 is 9.90 Å². The highest BCUT2D eigenvalue weighted by atomic mass is 16.4. The average Bonchev–Trinajstić information content (AvgIpc) is 3.00. The number of hydrogen-bond donors (Lipinski definition) is 3. The summed E-state index contributed by atoms with van der Waals surface area (Å²) in [5.41, 5.74) is 0. The van der Waals surface area contributed by atoms with Crippen LogP contribution in [0.5, 0.6) is 0 Å². The zero-order valence-corrected chi connectivity index (χ0v) is 8.15. The molecule has 1 aliphatic carbocycles. The summed E-state index contributed by atoms with van der Waals surface area (Å²) < 4.78 is 0. The molecule has 0 aromatic carbocycles. The molecule has 2 aliphatic rings. The Bertz CT molecular complexity index is 230. The van der Waals surface area contributed by atoms with Gasteiger partial charge in [-0.15, -0.1) is 0 Å². The maximum atomic E-state index is 10.8. The van der Waals surface area contributed by atoms with Crippen LogP contribution in [0.4, 0.5) is 4.79 Å². The highest BCUT2D eigenvalue weighted by molar-refractivity contribution is 5.64. The molecule has 0 aromatic rings. The average molecular weight is 199 g/mol. The van der Waals surface area contributed by atoms with Gasteiger partial charge < -0.3 is 10.4 Å². The predicted molar refractivity (Wildman–Crippen MR) is 51.5 cm³/mol. The van der Waals surface area contributed by atoms with E-state index in [1.165, 1.54) is 12.8 Å². The molecule has 0 bridgehead atoms. The lowest BCUT2D eigenvalue weighted by Crippen LogP contribution is -2.56. The van der Waals surface area contributed by atoms with Crippen LogP contribution in [0.15, 0.2) is 0 Å². The molecule has 0 spiro atoms. The fraction of sp³-hybridized carbons (Fsp3) is 0.889. The number of amides is 1. The first kappa shape index (κ1) is 9.73. The van der Waals surface area contributed by atoms with Crippen molar-refractivity contribution in [3.63, 3.8) is 0 Å². The number of nitrogens with zero attached hydrogens (tertiary/aromatic N) is 1. The Hall–Kier alpha value is -0.810. The molecule has 1 saturated carbocycles. The minimum absolute atomic E-state index is 0.0336. The summed E-state index contributed by atoms with van der Waals surface area (Å²) >= 11 is 0. The summed E-state index contributed by atoms with van der Waals surface area (Å²) in [6.45, 7) is 1.69. The van der Waals surface area contributed by atoms with Gasteiger partial charge in [-0.1, -0.05) is 0 Å². The van der Waals surface area contributed by atoms with Crippen LogP contribution in [0.2, 0.25) is 0 Å². The lowest BCUT2D eigenvalue weighted by atomic mass is 9.88. The van der Waals surface area contributed by atoms with Crippen LogP contribution >= 0.6 is 0 Å². The maximum Gasteiger partial charge on any atom is 0.421 e. The van der Waals surface area contributed by atoms with Crippen molar-refractivity contribution in [1.29, 1.82) is 0 Å². The summed E-state index contributed by atoms with van der Waals surface area (Å²) in [5, 5.41) is 13.0. The summed E-state index contributed by atoms with van der Waals surface area (Å²) in [5.74, 6) is 6.73. The van der Waals surface area contributed by atoms with E-state index in [4.69, 9.17) is 10.9 Å². The highest BCUT2D eigenvalue weighted by Gasteiger charge is 2.40. The molecule has 0 radical (unpaired) electrons. The normalized spacial score (nSPS) is 32.6. The molecule has 5 heteroatoms. The van der Waals surface area contributed by atoms with Crippen molar-refractivity contribution >= 4 is 6.09 Å². The number of nitrogens with two attached hydrogens (primary N) is 1. The van der Waals surface area contributed by atoms with Crippen molar-refractivity contribution in [3.8, 4) is 0 Å². The second kappa shape index (κ2) is 3.74. The van der Waals surface area contributed by atoms with Gasteiger partial charge in [0.2, 0.25) is 0 Å². The van der Waals surface area contributed by atoms with Gasteiger partial charge in [0.05, 0.1) is 6.04 Å². The van der Waals surface area contributed by atoms with Gasteiger partial charge in [0, 0.05) is 6.54 Å². The van der Waals surface area contributed by atoms with Gasteiger partial charge in [-0.3, -0.25) is 0 Å². The second-order valence-corrected chi connectivity index (χ2v) is 4.25. The number of carbonyl (C=O) groups is 1. The zero-order valence-electron chi connectivity index (χ0n) is 8.15. The first-order chi connectivity index (χ1) is 6.70. The molecule has 1 amide bonds. The molecule has 0 aromatic heterocycles. The van der Waals surface area contributed by atoms with Crippen LogP contribution in [0.25, 0.3) is 0 Å². The van der Waals surface area contributed by atoms with E-state index in [0.717, 1.165) is 18.0 Å². The first-order valence-electron chi connectivity index (χ1n) is 5.17. The molecular weight excluding hydrogens is 182 g/mol. The molecule has 2 fully saturated rings. The molecule has 1 heterocycles. The van der Waals surface area contributed by atoms with E-state index >= 15 is 0 Å². The van der Waals surface area contributed by atoms with Crippen LogP contribution in [-0.4, -0.2) is 35.3 Å². The minimum Gasteiger partial charge on any atom is -0.464 e. The van der Waals surface area contributed by atoms with E-state index < -0.39 is 6.09 Å². The van der Waals surface area contributed by atoms with Crippen LogP contribution in [-0.2, 0) is 0 Å². The molecule has 5 nitrogen and oxygen atoms in total.